The fourth-order valence-corrected chi connectivity index (χ4v) is 2.03. The summed E-state index contributed by atoms with van der Waals surface area (Å²) < 4.78 is 16.1. The molecule has 0 N–H and O–H groups in total. The third kappa shape index (κ3) is 4.37. The standard InChI is InChI=1S/C12H16BrClO3/c1-3-16-4-5-17-12-9(8-13)6-10(14)7-11(12)15-2/h6-7H,3-5,8H2,1-2H3. The van der Waals surface area contributed by atoms with Crippen LogP contribution in [0.1, 0.15) is 12.5 Å². The van der Waals surface area contributed by atoms with Crippen molar-refractivity contribution in [3.63, 3.8) is 0 Å². The van der Waals surface area contributed by atoms with Crippen LogP contribution in [-0.4, -0.2) is 26.9 Å². The van der Waals surface area contributed by atoms with Crippen LogP contribution in [0, 0.1) is 0 Å². The summed E-state index contributed by atoms with van der Waals surface area (Å²) in [7, 11) is 1.60. The minimum atomic E-state index is 0.492. The molecule has 0 spiro atoms. The van der Waals surface area contributed by atoms with Crippen molar-refractivity contribution < 1.29 is 14.2 Å². The fraction of sp³-hybridized carbons (Fsp3) is 0.500. The first-order valence-corrected chi connectivity index (χ1v) is 6.85. The van der Waals surface area contributed by atoms with Gasteiger partial charge in [-0.05, 0) is 13.0 Å². The molecule has 1 aromatic carbocycles. The molecule has 0 amide bonds. The van der Waals surface area contributed by atoms with Gasteiger partial charge < -0.3 is 14.2 Å². The lowest BCUT2D eigenvalue weighted by molar-refractivity contribution is 0.108. The van der Waals surface area contributed by atoms with Crippen molar-refractivity contribution in [1.29, 1.82) is 0 Å². The van der Waals surface area contributed by atoms with Crippen LogP contribution < -0.4 is 9.47 Å². The molecule has 0 saturated heterocycles. The largest absolute Gasteiger partial charge is 0.493 e. The number of benzene rings is 1. The van der Waals surface area contributed by atoms with Crippen LogP contribution >= 0.6 is 27.5 Å². The van der Waals surface area contributed by atoms with Crippen LogP contribution in [0.25, 0.3) is 0 Å². The Morgan fingerprint density at radius 1 is 1.29 bits per heavy atom. The summed E-state index contributed by atoms with van der Waals surface area (Å²) in [6, 6.07) is 3.60. The van der Waals surface area contributed by atoms with E-state index < -0.39 is 0 Å². The van der Waals surface area contributed by atoms with E-state index in [9.17, 15) is 0 Å². The van der Waals surface area contributed by atoms with Gasteiger partial charge in [0.1, 0.15) is 6.61 Å². The van der Waals surface area contributed by atoms with Gasteiger partial charge in [0.25, 0.3) is 0 Å². The summed E-state index contributed by atoms with van der Waals surface area (Å²) in [6.45, 7) is 3.69. The Hall–Kier alpha value is -0.450. The summed E-state index contributed by atoms with van der Waals surface area (Å²) in [4.78, 5) is 0. The highest BCUT2D eigenvalue weighted by molar-refractivity contribution is 9.08. The van der Waals surface area contributed by atoms with Gasteiger partial charge in [0.05, 0.1) is 13.7 Å². The quantitative estimate of drug-likeness (QED) is 0.566. The third-order valence-corrected chi connectivity index (χ3v) is 2.96. The second kappa shape index (κ2) is 7.80. The molecule has 0 bridgehead atoms. The summed E-state index contributed by atoms with van der Waals surface area (Å²) in [5.74, 6) is 1.36. The molecule has 0 aromatic heterocycles. The van der Waals surface area contributed by atoms with Crippen LogP contribution in [0.2, 0.25) is 5.02 Å². The molecule has 0 saturated carbocycles. The monoisotopic (exact) mass is 322 g/mol. The minimum absolute atomic E-state index is 0.492. The molecule has 0 radical (unpaired) electrons. The van der Waals surface area contributed by atoms with E-state index in [-0.39, 0.29) is 0 Å². The maximum Gasteiger partial charge on any atom is 0.165 e. The zero-order valence-corrected chi connectivity index (χ0v) is 12.3. The van der Waals surface area contributed by atoms with Gasteiger partial charge in [0.2, 0.25) is 0 Å². The minimum Gasteiger partial charge on any atom is -0.493 e. The molecule has 0 aliphatic rings. The molecule has 17 heavy (non-hydrogen) atoms. The number of alkyl halides is 1. The first-order chi connectivity index (χ1) is 8.22. The number of methoxy groups -OCH3 is 1. The Bertz CT molecular complexity index is 333. The molecule has 0 aliphatic carbocycles. The SMILES string of the molecule is CCOCCOc1c(CBr)cc(Cl)cc1OC. The zero-order valence-electron chi connectivity index (χ0n) is 9.96. The molecule has 96 valence electrons. The number of ether oxygens (including phenoxy) is 3. The molecule has 0 fully saturated rings. The Labute approximate surface area is 115 Å². The van der Waals surface area contributed by atoms with Crippen LogP contribution in [-0.2, 0) is 10.1 Å². The van der Waals surface area contributed by atoms with E-state index in [0.29, 0.717) is 41.7 Å². The van der Waals surface area contributed by atoms with Crippen LogP contribution in [0.3, 0.4) is 0 Å². The van der Waals surface area contributed by atoms with Crippen LogP contribution in [0.15, 0.2) is 12.1 Å². The lowest BCUT2D eigenvalue weighted by Crippen LogP contribution is -2.08. The first kappa shape index (κ1) is 14.6. The molecular weight excluding hydrogens is 307 g/mol. The molecular formula is C12H16BrClO3. The van der Waals surface area contributed by atoms with E-state index in [1.54, 1.807) is 13.2 Å². The second-order valence-electron chi connectivity index (χ2n) is 3.28. The average Bonchev–Trinajstić information content (AvgIpc) is 2.35. The van der Waals surface area contributed by atoms with E-state index in [4.69, 9.17) is 25.8 Å². The highest BCUT2D eigenvalue weighted by Crippen LogP contribution is 2.35. The maximum atomic E-state index is 5.98. The Balaban J connectivity index is 2.79. The van der Waals surface area contributed by atoms with Crippen molar-refractivity contribution >= 4 is 27.5 Å². The van der Waals surface area contributed by atoms with Gasteiger partial charge >= 0.3 is 0 Å². The maximum absolute atomic E-state index is 5.98. The summed E-state index contributed by atoms with van der Waals surface area (Å²) >= 11 is 9.39. The highest BCUT2D eigenvalue weighted by Gasteiger charge is 2.11. The molecule has 0 unspecified atom stereocenters. The lowest BCUT2D eigenvalue weighted by atomic mass is 10.2. The van der Waals surface area contributed by atoms with Crippen molar-refractivity contribution in [2.45, 2.75) is 12.3 Å². The number of halogens is 2. The fourth-order valence-electron chi connectivity index (χ4n) is 1.38. The Morgan fingerprint density at radius 2 is 2.06 bits per heavy atom. The van der Waals surface area contributed by atoms with Crippen molar-refractivity contribution in [1.82, 2.24) is 0 Å². The number of rotatable bonds is 7. The summed E-state index contributed by atoms with van der Waals surface area (Å²) in [5, 5.41) is 1.29. The highest BCUT2D eigenvalue weighted by atomic mass is 79.9. The zero-order chi connectivity index (χ0) is 12.7. The van der Waals surface area contributed by atoms with Gasteiger partial charge in [-0.1, -0.05) is 27.5 Å². The van der Waals surface area contributed by atoms with E-state index in [0.717, 1.165) is 5.56 Å². The van der Waals surface area contributed by atoms with Crippen molar-refractivity contribution in [2.24, 2.45) is 0 Å². The smallest absolute Gasteiger partial charge is 0.165 e. The van der Waals surface area contributed by atoms with Gasteiger partial charge in [0, 0.05) is 28.6 Å². The van der Waals surface area contributed by atoms with Crippen LogP contribution in [0.4, 0.5) is 0 Å². The Kier molecular flexibility index (Phi) is 6.70. The first-order valence-electron chi connectivity index (χ1n) is 5.35. The number of hydrogen-bond donors (Lipinski definition) is 0. The van der Waals surface area contributed by atoms with E-state index in [1.807, 2.05) is 13.0 Å². The molecule has 5 heteroatoms. The molecule has 1 rings (SSSR count). The van der Waals surface area contributed by atoms with E-state index >= 15 is 0 Å². The Morgan fingerprint density at radius 3 is 2.65 bits per heavy atom. The van der Waals surface area contributed by atoms with Gasteiger partial charge in [0.15, 0.2) is 11.5 Å². The molecule has 1 aromatic rings. The average molecular weight is 324 g/mol. The van der Waals surface area contributed by atoms with Crippen LogP contribution in [0.5, 0.6) is 11.5 Å². The predicted octanol–water partition coefficient (Wildman–Crippen LogP) is 3.66. The van der Waals surface area contributed by atoms with Gasteiger partial charge in [-0.15, -0.1) is 0 Å². The number of hydrogen-bond acceptors (Lipinski definition) is 3. The third-order valence-electron chi connectivity index (χ3n) is 2.14. The second-order valence-corrected chi connectivity index (χ2v) is 4.27. The molecule has 0 aliphatic heterocycles. The predicted molar refractivity (Wildman–Crippen MR) is 72.6 cm³/mol. The molecule has 0 atom stereocenters. The van der Waals surface area contributed by atoms with Gasteiger partial charge in [-0.2, -0.15) is 0 Å². The van der Waals surface area contributed by atoms with Gasteiger partial charge in [-0.3, -0.25) is 0 Å². The van der Waals surface area contributed by atoms with Crippen molar-refractivity contribution in [3.05, 3.63) is 22.7 Å². The van der Waals surface area contributed by atoms with Crippen molar-refractivity contribution in [3.8, 4) is 11.5 Å². The van der Waals surface area contributed by atoms with E-state index in [2.05, 4.69) is 15.9 Å². The molecule has 0 heterocycles. The normalized spacial score (nSPS) is 10.4. The van der Waals surface area contributed by atoms with E-state index in [1.165, 1.54) is 0 Å². The lowest BCUT2D eigenvalue weighted by Gasteiger charge is -2.14. The summed E-state index contributed by atoms with van der Waals surface area (Å²) in [5.41, 5.74) is 0.964. The van der Waals surface area contributed by atoms with Gasteiger partial charge in [-0.25, -0.2) is 0 Å². The molecule has 3 nitrogen and oxygen atoms in total. The summed E-state index contributed by atoms with van der Waals surface area (Å²) in [6.07, 6.45) is 0. The van der Waals surface area contributed by atoms with Crippen molar-refractivity contribution in [2.75, 3.05) is 26.9 Å². The topological polar surface area (TPSA) is 27.7 Å².